The van der Waals surface area contributed by atoms with Crippen LogP contribution in [0.3, 0.4) is 0 Å². The topological polar surface area (TPSA) is 108 Å². The molecule has 4 heterocycles. The van der Waals surface area contributed by atoms with E-state index in [0.717, 1.165) is 17.5 Å². The molecular formula is C26H28F5N7O. The Labute approximate surface area is 220 Å². The fraction of sp³-hybridized carbons (Fsp3) is 0.462. The first kappa shape index (κ1) is 27.1. The second-order valence-electron chi connectivity index (χ2n) is 10.1. The minimum absolute atomic E-state index is 0.118. The van der Waals surface area contributed by atoms with Crippen molar-refractivity contribution in [2.45, 2.75) is 56.2 Å². The van der Waals surface area contributed by atoms with Crippen LogP contribution in [0.5, 0.6) is 0 Å². The van der Waals surface area contributed by atoms with Crippen molar-refractivity contribution in [2.24, 2.45) is 12.8 Å². The third-order valence-electron chi connectivity index (χ3n) is 7.25. The van der Waals surface area contributed by atoms with Crippen molar-refractivity contribution in [1.29, 1.82) is 0 Å². The van der Waals surface area contributed by atoms with E-state index in [1.54, 1.807) is 6.33 Å². The molecule has 39 heavy (non-hydrogen) atoms. The minimum Gasteiger partial charge on any atom is -0.379 e. The Morgan fingerprint density at radius 1 is 1.13 bits per heavy atom. The van der Waals surface area contributed by atoms with Crippen LogP contribution in [0.4, 0.5) is 22.0 Å². The summed E-state index contributed by atoms with van der Waals surface area (Å²) in [5.41, 5.74) is 7.02. The van der Waals surface area contributed by atoms with E-state index in [9.17, 15) is 22.0 Å². The van der Waals surface area contributed by atoms with Gasteiger partial charge >= 0.3 is 6.18 Å². The Balaban J connectivity index is 0.000000384. The summed E-state index contributed by atoms with van der Waals surface area (Å²) in [6.07, 6.45) is -0.637. The van der Waals surface area contributed by atoms with Crippen LogP contribution in [0.2, 0.25) is 0 Å². The molecule has 1 saturated carbocycles. The Hall–Kier alpha value is -3.45. The van der Waals surface area contributed by atoms with E-state index in [-0.39, 0.29) is 30.5 Å². The van der Waals surface area contributed by atoms with E-state index < -0.39 is 17.8 Å². The van der Waals surface area contributed by atoms with Gasteiger partial charge in [-0.2, -0.15) is 18.3 Å². The maximum atomic E-state index is 13.4. The highest BCUT2D eigenvalue weighted by molar-refractivity contribution is 5.94. The summed E-state index contributed by atoms with van der Waals surface area (Å²) in [5.74, 6) is -1.47. The van der Waals surface area contributed by atoms with Crippen molar-refractivity contribution in [3.05, 3.63) is 59.4 Å². The van der Waals surface area contributed by atoms with E-state index >= 15 is 0 Å². The molecule has 3 N–H and O–H groups in total. The number of aryl methyl sites for hydroxylation is 1. The number of aromatic amines is 1. The second-order valence-corrected chi connectivity index (χ2v) is 10.1. The normalized spacial score (nSPS) is 18.0. The molecule has 0 amide bonds. The fourth-order valence-electron chi connectivity index (χ4n) is 4.97. The summed E-state index contributed by atoms with van der Waals surface area (Å²) in [4.78, 5) is 3.67. The van der Waals surface area contributed by atoms with Crippen molar-refractivity contribution in [3.63, 3.8) is 0 Å². The number of H-pyrrole nitrogens is 1. The Morgan fingerprint density at radius 2 is 1.87 bits per heavy atom. The van der Waals surface area contributed by atoms with Crippen molar-refractivity contribution in [2.75, 3.05) is 13.2 Å². The zero-order valence-corrected chi connectivity index (χ0v) is 21.2. The van der Waals surface area contributed by atoms with E-state index in [1.807, 2.05) is 35.9 Å². The monoisotopic (exact) mass is 549 g/mol. The van der Waals surface area contributed by atoms with Crippen molar-refractivity contribution in [3.8, 4) is 11.3 Å². The first-order chi connectivity index (χ1) is 18.5. The number of benzene rings is 1. The number of hydrogen-bond donors (Lipinski definition) is 2. The van der Waals surface area contributed by atoms with Crippen LogP contribution in [0.25, 0.3) is 22.2 Å². The number of alkyl halides is 5. The van der Waals surface area contributed by atoms with Crippen molar-refractivity contribution >= 4 is 10.9 Å². The molecule has 4 aromatic rings. The van der Waals surface area contributed by atoms with Crippen LogP contribution in [-0.2, 0) is 36.3 Å². The van der Waals surface area contributed by atoms with Crippen LogP contribution in [0, 0.1) is 0 Å². The van der Waals surface area contributed by atoms with Gasteiger partial charge < -0.3 is 15.0 Å². The third-order valence-corrected chi connectivity index (χ3v) is 7.25. The first-order valence-electron chi connectivity index (χ1n) is 12.6. The molecule has 0 radical (unpaired) electrons. The molecule has 3 aromatic heterocycles. The van der Waals surface area contributed by atoms with Gasteiger partial charge in [0.15, 0.2) is 0 Å². The SMILES string of the molecule is Cn1cnnc1CC1(c2cccc(-c3n[nH]c4c(CN)nc(C(F)(F)F)cc34)c2)COC1.FC1(F)CCCC1. The van der Waals surface area contributed by atoms with Gasteiger partial charge in [-0.05, 0) is 30.5 Å². The van der Waals surface area contributed by atoms with Crippen LogP contribution in [0.1, 0.15) is 48.5 Å². The molecule has 6 rings (SSSR count). The molecule has 1 aliphatic carbocycles. The Kier molecular flexibility index (Phi) is 7.14. The van der Waals surface area contributed by atoms with Gasteiger partial charge in [0.25, 0.3) is 0 Å². The quantitative estimate of drug-likeness (QED) is 0.342. The van der Waals surface area contributed by atoms with E-state index in [4.69, 9.17) is 10.5 Å². The summed E-state index contributed by atoms with van der Waals surface area (Å²) in [5, 5.41) is 15.6. The number of rotatable bonds is 5. The molecule has 0 bridgehead atoms. The number of hydrogen-bond acceptors (Lipinski definition) is 6. The van der Waals surface area contributed by atoms with Gasteiger partial charge in [0.05, 0.1) is 24.4 Å². The van der Waals surface area contributed by atoms with Crippen LogP contribution < -0.4 is 5.73 Å². The van der Waals surface area contributed by atoms with E-state index in [2.05, 4.69) is 25.4 Å². The third kappa shape index (κ3) is 5.50. The average molecular weight is 550 g/mol. The number of nitrogens with two attached hydrogens (primary N) is 1. The molecule has 208 valence electrons. The lowest BCUT2D eigenvalue weighted by Gasteiger charge is -2.41. The molecule has 13 heteroatoms. The smallest absolute Gasteiger partial charge is 0.379 e. The number of pyridine rings is 1. The zero-order chi connectivity index (χ0) is 27.8. The number of nitrogens with one attached hydrogen (secondary N) is 1. The lowest BCUT2D eigenvalue weighted by molar-refractivity contribution is -0.141. The molecule has 2 fully saturated rings. The summed E-state index contributed by atoms with van der Waals surface area (Å²) in [7, 11) is 1.89. The van der Waals surface area contributed by atoms with Gasteiger partial charge in [-0.25, -0.2) is 13.8 Å². The predicted octanol–water partition coefficient (Wildman–Crippen LogP) is 4.94. The van der Waals surface area contributed by atoms with Gasteiger partial charge in [-0.3, -0.25) is 5.10 Å². The van der Waals surface area contributed by atoms with E-state index in [1.165, 1.54) is 0 Å². The molecule has 0 spiro atoms. The highest BCUT2D eigenvalue weighted by Crippen LogP contribution is 2.39. The molecule has 0 atom stereocenters. The fourth-order valence-corrected chi connectivity index (χ4v) is 4.97. The molecule has 1 aromatic carbocycles. The summed E-state index contributed by atoms with van der Waals surface area (Å²) < 4.78 is 71.5. The predicted molar refractivity (Wildman–Crippen MR) is 133 cm³/mol. The largest absolute Gasteiger partial charge is 0.433 e. The molecule has 8 nitrogen and oxygen atoms in total. The zero-order valence-electron chi connectivity index (χ0n) is 21.2. The molecule has 1 saturated heterocycles. The first-order valence-corrected chi connectivity index (χ1v) is 12.6. The summed E-state index contributed by atoms with van der Waals surface area (Å²) in [6.45, 7) is 0.897. The number of fused-ring (bicyclic) bond motifs is 1. The molecular weight excluding hydrogens is 521 g/mol. The average Bonchev–Trinajstić information content (AvgIpc) is 3.60. The number of halogens is 5. The standard InChI is InChI=1S/C21H20F3N7O.C5H8F2/c1-31-11-26-28-17(31)7-20(9-32-10-20)13-4-2-3-12(5-13)18-14-6-16(21(22,23)24)27-15(8-25)19(14)30-29-18;6-5(7)3-1-2-4-5/h2-6,11H,7-10,25H2,1H3,(H,29,30);1-4H2. The van der Waals surface area contributed by atoms with Gasteiger partial charge in [-0.1, -0.05) is 18.2 Å². The van der Waals surface area contributed by atoms with Gasteiger partial charge in [0.2, 0.25) is 5.92 Å². The Morgan fingerprint density at radius 3 is 2.41 bits per heavy atom. The van der Waals surface area contributed by atoms with Gasteiger partial charge in [-0.15, -0.1) is 10.2 Å². The highest BCUT2D eigenvalue weighted by atomic mass is 19.4. The van der Waals surface area contributed by atoms with Crippen molar-refractivity contribution in [1.82, 2.24) is 29.9 Å². The van der Waals surface area contributed by atoms with Gasteiger partial charge in [0, 0.05) is 49.2 Å². The number of ether oxygens (including phenoxy) is 1. The molecule has 2 aliphatic rings. The van der Waals surface area contributed by atoms with Gasteiger partial charge in [0.1, 0.15) is 23.5 Å². The number of nitrogens with zero attached hydrogens (tertiary/aromatic N) is 5. The Bertz CT molecular complexity index is 1450. The summed E-state index contributed by atoms with van der Waals surface area (Å²) in [6, 6.07) is 8.65. The maximum absolute atomic E-state index is 13.4. The lowest BCUT2D eigenvalue weighted by atomic mass is 9.75. The van der Waals surface area contributed by atoms with E-state index in [0.29, 0.717) is 54.6 Å². The highest BCUT2D eigenvalue weighted by Gasteiger charge is 2.42. The number of aromatic nitrogens is 6. The van der Waals surface area contributed by atoms with Crippen molar-refractivity contribution < 1.29 is 26.7 Å². The summed E-state index contributed by atoms with van der Waals surface area (Å²) >= 11 is 0. The maximum Gasteiger partial charge on any atom is 0.433 e. The molecule has 1 aliphatic heterocycles. The van der Waals surface area contributed by atoms with Crippen LogP contribution in [0.15, 0.2) is 36.7 Å². The second kappa shape index (κ2) is 10.3. The van der Waals surface area contributed by atoms with Crippen LogP contribution in [-0.4, -0.2) is 49.1 Å². The van der Waals surface area contributed by atoms with Crippen LogP contribution >= 0.6 is 0 Å². The molecule has 0 unspecified atom stereocenters. The minimum atomic E-state index is -4.59. The lowest BCUT2D eigenvalue weighted by Crippen LogP contribution is -2.49.